The van der Waals surface area contributed by atoms with Gasteiger partial charge in [-0.25, -0.2) is 0 Å². The van der Waals surface area contributed by atoms with E-state index in [2.05, 4.69) is 22.6 Å². The highest BCUT2D eigenvalue weighted by Crippen LogP contribution is 2.20. The van der Waals surface area contributed by atoms with Gasteiger partial charge in [-0.2, -0.15) is 0 Å². The molecule has 0 N–H and O–H groups in total. The minimum Gasteiger partial charge on any atom is -0.458 e. The zero-order valence-electron chi connectivity index (χ0n) is 3.90. The summed E-state index contributed by atoms with van der Waals surface area (Å²) in [7, 11) is 0. The van der Waals surface area contributed by atoms with Gasteiger partial charge in [0.05, 0.1) is 0 Å². The summed E-state index contributed by atoms with van der Waals surface area (Å²) < 4.78 is 10.7. The molecule has 0 aliphatic carbocycles. The lowest BCUT2D eigenvalue weighted by molar-refractivity contribution is 0.0800. The Kier molecular flexibility index (Phi) is 1.41. The molecule has 0 saturated carbocycles. The van der Waals surface area contributed by atoms with Gasteiger partial charge in [-0.15, -0.1) is 0 Å². The molecule has 0 bridgehead atoms. The van der Waals surface area contributed by atoms with E-state index in [9.17, 15) is 0 Å². The lowest BCUT2D eigenvalue weighted by atomic mass is 10.7. The van der Waals surface area contributed by atoms with E-state index in [0.29, 0.717) is 6.79 Å². The number of halogens is 1. The Morgan fingerprint density at radius 1 is 1.57 bits per heavy atom. The van der Waals surface area contributed by atoms with Crippen molar-refractivity contribution in [1.29, 1.82) is 0 Å². The smallest absolute Gasteiger partial charge is 0.231 e. The van der Waals surface area contributed by atoms with Gasteiger partial charge in [0, 0.05) is 22.6 Å². The standard InChI is InChI=1S/C4H5IO2/c1-3-4(5)7-2-6-3/h2H2,1H3. The maximum Gasteiger partial charge on any atom is 0.231 e. The fourth-order valence-electron chi connectivity index (χ4n) is 0.328. The maximum atomic E-state index is 4.91. The predicted octanol–water partition coefficient (Wildman–Crippen LogP) is 1.61. The van der Waals surface area contributed by atoms with Gasteiger partial charge in [-0.1, -0.05) is 0 Å². The third-order valence-corrected chi connectivity index (χ3v) is 1.81. The average molecular weight is 212 g/mol. The summed E-state index contributed by atoms with van der Waals surface area (Å²) in [5, 5.41) is 0. The van der Waals surface area contributed by atoms with Gasteiger partial charge < -0.3 is 9.47 Å². The molecule has 40 valence electrons. The molecule has 0 radical (unpaired) electrons. The average Bonchev–Trinajstić information content (AvgIpc) is 1.91. The van der Waals surface area contributed by atoms with Crippen molar-refractivity contribution in [2.24, 2.45) is 0 Å². The van der Waals surface area contributed by atoms with Gasteiger partial charge in [0.2, 0.25) is 6.79 Å². The SMILES string of the molecule is CC1=C(I)OCO1. The molecule has 0 atom stereocenters. The molecule has 0 aromatic heterocycles. The van der Waals surface area contributed by atoms with E-state index >= 15 is 0 Å². The summed E-state index contributed by atoms with van der Waals surface area (Å²) in [6.07, 6.45) is 0. The van der Waals surface area contributed by atoms with Crippen molar-refractivity contribution in [2.45, 2.75) is 6.92 Å². The summed E-state index contributed by atoms with van der Waals surface area (Å²) in [4.78, 5) is 0. The third-order valence-electron chi connectivity index (χ3n) is 0.738. The van der Waals surface area contributed by atoms with Crippen molar-refractivity contribution in [3.05, 3.63) is 9.53 Å². The van der Waals surface area contributed by atoms with Crippen LogP contribution in [0.5, 0.6) is 0 Å². The molecule has 0 spiro atoms. The van der Waals surface area contributed by atoms with E-state index in [4.69, 9.17) is 9.47 Å². The van der Waals surface area contributed by atoms with Gasteiger partial charge in [0.1, 0.15) is 5.76 Å². The van der Waals surface area contributed by atoms with Gasteiger partial charge in [-0.05, 0) is 6.92 Å². The number of hydrogen-bond acceptors (Lipinski definition) is 2. The molecule has 7 heavy (non-hydrogen) atoms. The lowest BCUT2D eigenvalue weighted by Gasteiger charge is -1.86. The molecule has 2 nitrogen and oxygen atoms in total. The summed E-state index contributed by atoms with van der Waals surface area (Å²) in [5.41, 5.74) is 0. The third kappa shape index (κ3) is 0.992. The molecule has 0 fully saturated rings. The fraction of sp³-hybridized carbons (Fsp3) is 0.500. The summed E-state index contributed by atoms with van der Waals surface area (Å²) >= 11 is 2.09. The Morgan fingerprint density at radius 3 is 2.43 bits per heavy atom. The first-order valence-corrected chi connectivity index (χ1v) is 3.00. The van der Waals surface area contributed by atoms with Gasteiger partial charge in [0.15, 0.2) is 3.77 Å². The second-order valence-electron chi connectivity index (χ2n) is 1.24. The Hall–Kier alpha value is 0.0700. The molecule has 1 rings (SSSR count). The van der Waals surface area contributed by atoms with Gasteiger partial charge >= 0.3 is 0 Å². The van der Waals surface area contributed by atoms with Crippen molar-refractivity contribution in [3.63, 3.8) is 0 Å². The molecule has 1 aliphatic rings. The minimum absolute atomic E-state index is 0.393. The van der Waals surface area contributed by atoms with E-state index in [-0.39, 0.29) is 0 Å². The number of ether oxygens (including phenoxy) is 2. The van der Waals surface area contributed by atoms with Crippen LogP contribution < -0.4 is 0 Å². The number of hydrogen-bond donors (Lipinski definition) is 0. The molecule has 0 aromatic rings. The molecule has 0 unspecified atom stereocenters. The molecule has 1 heterocycles. The second-order valence-corrected chi connectivity index (χ2v) is 2.22. The first kappa shape index (κ1) is 5.21. The van der Waals surface area contributed by atoms with E-state index in [1.54, 1.807) is 0 Å². The van der Waals surface area contributed by atoms with Crippen LogP contribution >= 0.6 is 22.6 Å². The highest BCUT2D eigenvalue weighted by molar-refractivity contribution is 14.1. The van der Waals surface area contributed by atoms with Crippen LogP contribution in [-0.4, -0.2) is 6.79 Å². The normalized spacial score (nSPS) is 19.1. The molecular weight excluding hydrogens is 207 g/mol. The minimum atomic E-state index is 0.393. The Morgan fingerprint density at radius 2 is 2.29 bits per heavy atom. The summed E-state index contributed by atoms with van der Waals surface area (Å²) in [6.45, 7) is 2.28. The van der Waals surface area contributed by atoms with Crippen molar-refractivity contribution in [3.8, 4) is 0 Å². The Balaban J connectivity index is 2.64. The number of allylic oxidation sites excluding steroid dienone is 1. The molecule has 1 aliphatic heterocycles. The van der Waals surface area contributed by atoms with Crippen LogP contribution in [0.3, 0.4) is 0 Å². The van der Waals surface area contributed by atoms with E-state index in [1.165, 1.54) is 0 Å². The van der Waals surface area contributed by atoms with Gasteiger partial charge in [-0.3, -0.25) is 0 Å². The Bertz CT molecular complexity index is 96.3. The lowest BCUT2D eigenvalue weighted by Crippen LogP contribution is -1.79. The van der Waals surface area contributed by atoms with Crippen LogP contribution in [0.2, 0.25) is 0 Å². The van der Waals surface area contributed by atoms with Gasteiger partial charge in [0.25, 0.3) is 0 Å². The van der Waals surface area contributed by atoms with Crippen LogP contribution in [0.25, 0.3) is 0 Å². The summed E-state index contributed by atoms with van der Waals surface area (Å²) in [6, 6.07) is 0. The van der Waals surface area contributed by atoms with Crippen LogP contribution in [0.15, 0.2) is 9.53 Å². The second kappa shape index (κ2) is 1.90. The molecular formula is C4H5IO2. The van der Waals surface area contributed by atoms with Crippen molar-refractivity contribution in [1.82, 2.24) is 0 Å². The molecule has 0 amide bonds. The van der Waals surface area contributed by atoms with Crippen molar-refractivity contribution < 1.29 is 9.47 Å². The quantitative estimate of drug-likeness (QED) is 0.568. The van der Waals surface area contributed by atoms with Crippen LogP contribution in [-0.2, 0) is 9.47 Å². The van der Waals surface area contributed by atoms with Crippen LogP contribution in [0.1, 0.15) is 6.92 Å². The highest BCUT2D eigenvalue weighted by Gasteiger charge is 2.07. The van der Waals surface area contributed by atoms with Crippen molar-refractivity contribution in [2.75, 3.05) is 6.79 Å². The monoisotopic (exact) mass is 212 g/mol. The van der Waals surface area contributed by atoms with Crippen LogP contribution in [0, 0.1) is 0 Å². The highest BCUT2D eigenvalue weighted by atomic mass is 127. The largest absolute Gasteiger partial charge is 0.458 e. The summed E-state index contributed by atoms with van der Waals surface area (Å²) in [5.74, 6) is 0.889. The zero-order valence-corrected chi connectivity index (χ0v) is 6.06. The van der Waals surface area contributed by atoms with Crippen molar-refractivity contribution >= 4 is 22.6 Å². The van der Waals surface area contributed by atoms with E-state index in [1.807, 2.05) is 6.92 Å². The zero-order chi connectivity index (χ0) is 5.28. The molecule has 0 aromatic carbocycles. The van der Waals surface area contributed by atoms with Crippen LogP contribution in [0.4, 0.5) is 0 Å². The predicted molar refractivity (Wildman–Crippen MR) is 33.8 cm³/mol. The molecule has 0 saturated heterocycles. The first-order chi connectivity index (χ1) is 3.30. The first-order valence-electron chi connectivity index (χ1n) is 1.92. The maximum absolute atomic E-state index is 4.91. The number of rotatable bonds is 0. The Labute approximate surface area is 55.6 Å². The van der Waals surface area contributed by atoms with E-state index < -0.39 is 0 Å². The van der Waals surface area contributed by atoms with E-state index in [0.717, 1.165) is 9.53 Å². The topological polar surface area (TPSA) is 18.5 Å². The molecule has 3 heteroatoms. The fourth-order valence-corrected chi connectivity index (χ4v) is 0.611.